The predicted octanol–water partition coefficient (Wildman–Crippen LogP) is -4.94. The van der Waals surface area contributed by atoms with Crippen molar-refractivity contribution in [2.45, 2.75) is 44.0 Å². The molecule has 0 radical (unpaired) electrons. The van der Waals surface area contributed by atoms with E-state index in [1.165, 1.54) is 6.92 Å². The van der Waals surface area contributed by atoms with Crippen LogP contribution in [0.15, 0.2) is 0 Å². The summed E-state index contributed by atoms with van der Waals surface area (Å²) in [6.07, 6.45) is -2.31. The van der Waals surface area contributed by atoms with Crippen molar-refractivity contribution in [3.63, 3.8) is 0 Å². The molecule has 36 heavy (non-hydrogen) atoms. The van der Waals surface area contributed by atoms with Crippen LogP contribution in [0.1, 0.15) is 19.8 Å². The third-order valence-electron chi connectivity index (χ3n) is 4.61. The maximum Gasteiger partial charge on any atom is 0.316 e. The van der Waals surface area contributed by atoms with Gasteiger partial charge in [0, 0.05) is 13.0 Å². The molecule has 1 saturated heterocycles. The summed E-state index contributed by atoms with van der Waals surface area (Å²) < 4.78 is 10.3. The van der Waals surface area contributed by atoms with Crippen LogP contribution in [0.3, 0.4) is 0 Å². The molecule has 2 unspecified atom stereocenters. The maximum atomic E-state index is 12.5. The lowest BCUT2D eigenvalue weighted by molar-refractivity contribution is -0.138. The van der Waals surface area contributed by atoms with E-state index in [4.69, 9.17) is 14.6 Å². The minimum atomic E-state index is -1.49. The SMILES string of the molecule is CC(O)C1NC(=O)COCCOCCNC(=O)[C@H](CO)NC(=O)N[C@@H](CCC(=O)O)C(=O)NNC1=O. The van der Waals surface area contributed by atoms with Crippen molar-refractivity contribution in [1.29, 1.82) is 0 Å². The van der Waals surface area contributed by atoms with Crippen LogP contribution in [-0.4, -0.2) is 115 Å². The van der Waals surface area contributed by atoms with Gasteiger partial charge < -0.3 is 46.1 Å². The summed E-state index contributed by atoms with van der Waals surface area (Å²) in [5.74, 6) is -4.82. The Morgan fingerprint density at radius 2 is 1.58 bits per heavy atom. The number of amides is 6. The molecule has 0 aromatic heterocycles. The zero-order valence-corrected chi connectivity index (χ0v) is 19.6. The molecule has 17 heteroatoms. The Morgan fingerprint density at radius 3 is 2.22 bits per heavy atom. The highest BCUT2D eigenvalue weighted by Crippen LogP contribution is 1.99. The average Bonchev–Trinajstić information content (AvgIpc) is 2.82. The van der Waals surface area contributed by atoms with Gasteiger partial charge in [-0.15, -0.1) is 0 Å². The molecule has 1 fully saturated rings. The lowest BCUT2D eigenvalue weighted by atomic mass is 10.1. The molecule has 0 aliphatic carbocycles. The van der Waals surface area contributed by atoms with Gasteiger partial charge in [0.05, 0.1) is 32.5 Å². The number of carboxylic acid groups (broad SMARTS) is 1. The minimum Gasteiger partial charge on any atom is -0.481 e. The fraction of sp³-hybridized carbons (Fsp3) is 0.684. The largest absolute Gasteiger partial charge is 0.481 e. The summed E-state index contributed by atoms with van der Waals surface area (Å²) in [7, 11) is 0. The van der Waals surface area contributed by atoms with E-state index in [9.17, 15) is 39.0 Å². The van der Waals surface area contributed by atoms with Crippen molar-refractivity contribution in [3.8, 4) is 0 Å². The van der Waals surface area contributed by atoms with Gasteiger partial charge in [-0.1, -0.05) is 0 Å². The smallest absolute Gasteiger partial charge is 0.316 e. The van der Waals surface area contributed by atoms with Crippen molar-refractivity contribution in [1.82, 2.24) is 32.1 Å². The Balaban J connectivity index is 3.00. The van der Waals surface area contributed by atoms with E-state index in [-0.39, 0.29) is 26.4 Å². The first-order chi connectivity index (χ1) is 17.0. The summed E-state index contributed by atoms with van der Waals surface area (Å²) >= 11 is 0. The quantitative estimate of drug-likeness (QED) is 0.166. The first-order valence-corrected chi connectivity index (χ1v) is 10.9. The van der Waals surface area contributed by atoms with Crippen LogP contribution in [0.4, 0.5) is 4.79 Å². The zero-order chi connectivity index (χ0) is 27.1. The zero-order valence-electron chi connectivity index (χ0n) is 19.6. The molecule has 0 saturated carbocycles. The number of urea groups is 1. The lowest BCUT2D eigenvalue weighted by Gasteiger charge is -2.23. The van der Waals surface area contributed by atoms with Crippen molar-refractivity contribution < 1.29 is 53.6 Å². The number of aliphatic hydroxyl groups excluding tert-OH is 2. The summed E-state index contributed by atoms with van der Waals surface area (Å²) in [6.45, 7) is 0.115. The van der Waals surface area contributed by atoms with E-state index < -0.39 is 85.9 Å². The molecular weight excluding hydrogens is 488 g/mol. The second-order valence-corrected chi connectivity index (χ2v) is 7.56. The molecular formula is C19H32N6O11. The van der Waals surface area contributed by atoms with Crippen LogP contribution in [0.5, 0.6) is 0 Å². The molecule has 204 valence electrons. The van der Waals surface area contributed by atoms with Crippen LogP contribution < -0.4 is 32.1 Å². The molecule has 4 atom stereocenters. The second kappa shape index (κ2) is 16.2. The molecule has 0 bridgehead atoms. The molecule has 1 heterocycles. The molecule has 17 nitrogen and oxygen atoms in total. The highest BCUT2D eigenvalue weighted by molar-refractivity contribution is 5.93. The minimum absolute atomic E-state index is 0.00168. The first-order valence-electron chi connectivity index (χ1n) is 10.9. The Kier molecular flexibility index (Phi) is 13.7. The van der Waals surface area contributed by atoms with Gasteiger partial charge in [-0.25, -0.2) is 4.79 Å². The van der Waals surface area contributed by atoms with Crippen LogP contribution in [0, 0.1) is 0 Å². The van der Waals surface area contributed by atoms with Gasteiger partial charge in [0.2, 0.25) is 11.8 Å². The molecule has 1 aliphatic rings. The Labute approximate surface area is 205 Å². The number of hydrogen-bond acceptors (Lipinski definition) is 10. The van der Waals surface area contributed by atoms with Crippen LogP contribution >= 0.6 is 0 Å². The third kappa shape index (κ3) is 11.7. The van der Waals surface area contributed by atoms with Gasteiger partial charge in [0.1, 0.15) is 24.7 Å². The van der Waals surface area contributed by atoms with Crippen LogP contribution in [0.2, 0.25) is 0 Å². The topological polar surface area (TPSA) is 254 Å². The van der Waals surface area contributed by atoms with Crippen LogP contribution in [0.25, 0.3) is 0 Å². The Morgan fingerprint density at radius 1 is 0.944 bits per heavy atom. The van der Waals surface area contributed by atoms with E-state index in [0.29, 0.717) is 0 Å². The van der Waals surface area contributed by atoms with Crippen molar-refractivity contribution in [2.75, 3.05) is 39.6 Å². The summed E-state index contributed by atoms with van der Waals surface area (Å²) in [4.78, 5) is 72.3. The average molecular weight is 520 g/mol. The van der Waals surface area contributed by atoms with E-state index in [2.05, 4.69) is 21.3 Å². The van der Waals surface area contributed by atoms with E-state index >= 15 is 0 Å². The number of nitrogens with one attached hydrogen (secondary N) is 6. The van der Waals surface area contributed by atoms with Crippen molar-refractivity contribution >= 4 is 35.6 Å². The predicted molar refractivity (Wildman–Crippen MR) is 118 cm³/mol. The Hall–Kier alpha value is -3.54. The molecule has 0 aromatic rings. The van der Waals surface area contributed by atoms with Gasteiger partial charge in [-0.3, -0.25) is 34.8 Å². The van der Waals surface area contributed by atoms with E-state index in [1.807, 2.05) is 10.9 Å². The van der Waals surface area contributed by atoms with E-state index in [0.717, 1.165) is 0 Å². The summed E-state index contributed by atoms with van der Waals surface area (Å²) in [5.41, 5.74) is 3.96. The number of carbonyl (C=O) groups excluding carboxylic acids is 5. The highest BCUT2D eigenvalue weighted by Gasteiger charge is 2.29. The number of carboxylic acids is 1. The van der Waals surface area contributed by atoms with Crippen molar-refractivity contribution in [2.24, 2.45) is 0 Å². The number of aliphatic hydroxyl groups is 2. The van der Waals surface area contributed by atoms with Gasteiger partial charge in [0.15, 0.2) is 0 Å². The highest BCUT2D eigenvalue weighted by atomic mass is 16.5. The fourth-order valence-electron chi connectivity index (χ4n) is 2.75. The van der Waals surface area contributed by atoms with Gasteiger partial charge in [0.25, 0.3) is 11.8 Å². The number of ether oxygens (including phenoxy) is 2. The number of hydrogen-bond donors (Lipinski definition) is 9. The molecule has 0 spiro atoms. The molecule has 1 aliphatic heterocycles. The van der Waals surface area contributed by atoms with Crippen LogP contribution in [-0.2, 0) is 33.4 Å². The third-order valence-corrected chi connectivity index (χ3v) is 4.61. The molecule has 6 amide bonds. The standard InChI is InChI=1S/C19H32N6O11/c1-10(27)15-18(33)25-24-17(32)11(2-3-14(29)30)21-19(34)22-12(8-26)16(31)20-4-5-35-6-7-36-9-13(28)23-15/h10-12,15,26-27H,2-9H2,1H3,(H,20,31)(H,23,28)(H,24,32)(H,25,33)(H,29,30)(H2,21,22,34)/t10?,11-,12-,15?/m0/s1. The van der Waals surface area contributed by atoms with Crippen molar-refractivity contribution in [3.05, 3.63) is 0 Å². The normalized spacial score (nSPS) is 25.0. The fourth-order valence-corrected chi connectivity index (χ4v) is 2.75. The second-order valence-electron chi connectivity index (χ2n) is 7.56. The molecule has 9 N–H and O–H groups in total. The number of carbonyl (C=O) groups is 6. The molecule has 0 aromatic carbocycles. The number of aliphatic carboxylic acids is 1. The first kappa shape index (κ1) is 30.5. The van der Waals surface area contributed by atoms with Gasteiger partial charge in [-0.2, -0.15) is 0 Å². The van der Waals surface area contributed by atoms with E-state index in [1.54, 1.807) is 0 Å². The van der Waals surface area contributed by atoms with Gasteiger partial charge in [-0.05, 0) is 13.3 Å². The lowest BCUT2D eigenvalue weighted by Crippen LogP contribution is -2.60. The monoisotopic (exact) mass is 520 g/mol. The summed E-state index contributed by atoms with van der Waals surface area (Å²) in [6, 6.07) is -5.44. The number of rotatable bonds is 5. The number of hydrazine groups is 1. The van der Waals surface area contributed by atoms with Gasteiger partial charge >= 0.3 is 12.0 Å². The molecule has 1 rings (SSSR count). The summed E-state index contributed by atoms with van der Waals surface area (Å²) in [5, 5.41) is 37.2. The Bertz CT molecular complexity index is 794. The maximum absolute atomic E-state index is 12.5.